The number of nitrogens with zero attached hydrogens (tertiary/aromatic N) is 3. The number of carbonyl (C=O) groups is 1. The molecule has 0 spiro atoms. The summed E-state index contributed by atoms with van der Waals surface area (Å²) in [4.78, 5) is 17.5. The van der Waals surface area contributed by atoms with Gasteiger partial charge in [0.15, 0.2) is 0 Å². The van der Waals surface area contributed by atoms with E-state index in [1.807, 2.05) is 18.2 Å². The normalized spacial score (nSPS) is 11.1. The molecule has 3 aromatic rings. The topological polar surface area (TPSA) is 91.8 Å². The third-order valence-corrected chi connectivity index (χ3v) is 7.56. The Balaban J connectivity index is 0.000000812. The quantitative estimate of drug-likeness (QED) is 0.113. The van der Waals surface area contributed by atoms with E-state index in [1.54, 1.807) is 20.8 Å². The summed E-state index contributed by atoms with van der Waals surface area (Å²) >= 11 is 0. The van der Waals surface area contributed by atoms with Crippen molar-refractivity contribution >= 4 is 6.09 Å². The molecular formula is C38H58N4O4. The van der Waals surface area contributed by atoms with Crippen LogP contribution in [0.1, 0.15) is 89.6 Å². The average molecular weight is 635 g/mol. The Kier molecular flexibility index (Phi) is 17.0. The fourth-order valence-corrected chi connectivity index (χ4v) is 5.18. The van der Waals surface area contributed by atoms with Gasteiger partial charge in [-0.15, -0.1) is 0 Å². The summed E-state index contributed by atoms with van der Waals surface area (Å²) in [5.74, 6) is 2.95. The lowest BCUT2D eigenvalue weighted by Gasteiger charge is -2.18. The molecule has 0 bridgehead atoms. The van der Waals surface area contributed by atoms with Gasteiger partial charge in [-0.25, -0.2) is 9.78 Å². The van der Waals surface area contributed by atoms with Gasteiger partial charge in [-0.2, -0.15) is 0 Å². The third kappa shape index (κ3) is 14.5. The molecule has 0 saturated heterocycles. The molecule has 0 radical (unpaired) electrons. The number of allylic oxidation sites excluding steroid dienone is 1. The Morgan fingerprint density at radius 3 is 2.15 bits per heavy atom. The number of amides is 1. The van der Waals surface area contributed by atoms with E-state index >= 15 is 0 Å². The van der Waals surface area contributed by atoms with Crippen molar-refractivity contribution in [3.8, 4) is 5.75 Å². The highest BCUT2D eigenvalue weighted by Crippen LogP contribution is 2.20. The van der Waals surface area contributed by atoms with Gasteiger partial charge in [-0.3, -0.25) is 0 Å². The molecule has 3 rings (SSSR count). The van der Waals surface area contributed by atoms with Crippen LogP contribution in [0.2, 0.25) is 0 Å². The van der Waals surface area contributed by atoms with Crippen LogP contribution >= 0.6 is 0 Å². The van der Waals surface area contributed by atoms with Crippen LogP contribution < -0.4 is 10.5 Å². The van der Waals surface area contributed by atoms with Crippen LogP contribution in [0.3, 0.4) is 0 Å². The van der Waals surface area contributed by atoms with E-state index in [0.717, 1.165) is 82.8 Å². The number of hydrogen-bond acceptors (Lipinski definition) is 6. The summed E-state index contributed by atoms with van der Waals surface area (Å²) in [6, 6.07) is 18.7. The lowest BCUT2D eigenvalue weighted by molar-refractivity contribution is 0.0600. The van der Waals surface area contributed by atoms with E-state index in [4.69, 9.17) is 20.2 Å². The molecule has 8 heteroatoms. The molecule has 0 atom stereocenters. The van der Waals surface area contributed by atoms with E-state index in [2.05, 4.69) is 84.9 Å². The van der Waals surface area contributed by atoms with Crippen LogP contribution in [0, 0.1) is 0 Å². The summed E-state index contributed by atoms with van der Waals surface area (Å²) in [6.45, 7) is 23.8. The molecule has 0 aliphatic heterocycles. The van der Waals surface area contributed by atoms with Crippen molar-refractivity contribution in [1.82, 2.24) is 14.5 Å². The van der Waals surface area contributed by atoms with Crippen molar-refractivity contribution in [3.63, 3.8) is 0 Å². The van der Waals surface area contributed by atoms with E-state index in [0.29, 0.717) is 6.61 Å². The summed E-state index contributed by atoms with van der Waals surface area (Å²) in [5.41, 5.74) is 9.29. The molecular weight excluding hydrogens is 576 g/mol. The Labute approximate surface area is 277 Å². The molecule has 2 N–H and O–H groups in total. The molecule has 0 fully saturated rings. The van der Waals surface area contributed by atoms with Crippen molar-refractivity contribution in [2.75, 3.05) is 26.2 Å². The minimum absolute atomic E-state index is 0.453. The predicted octanol–water partition coefficient (Wildman–Crippen LogP) is 7.90. The first-order valence-electron chi connectivity index (χ1n) is 16.8. The predicted molar refractivity (Wildman–Crippen MR) is 188 cm³/mol. The molecule has 0 aliphatic rings. The molecule has 0 unspecified atom stereocenters. The molecule has 2 aromatic carbocycles. The fraction of sp³-hybridized carbons (Fsp3) is 0.526. The second kappa shape index (κ2) is 20.4. The maximum atomic E-state index is 10.0. The number of rotatable bonds is 18. The van der Waals surface area contributed by atoms with Crippen LogP contribution in [0.25, 0.3) is 0 Å². The molecule has 0 saturated carbocycles. The van der Waals surface area contributed by atoms with Crippen molar-refractivity contribution in [2.24, 2.45) is 5.73 Å². The minimum Gasteiger partial charge on any atom is -0.498 e. The summed E-state index contributed by atoms with van der Waals surface area (Å²) in [5, 5.41) is 0. The number of aryl methyl sites for hydroxylation is 3. The van der Waals surface area contributed by atoms with E-state index < -0.39 is 11.7 Å². The van der Waals surface area contributed by atoms with Gasteiger partial charge in [0.1, 0.15) is 23.8 Å². The second-order valence-electron chi connectivity index (χ2n) is 12.2. The van der Waals surface area contributed by atoms with Gasteiger partial charge in [0.2, 0.25) is 0 Å². The number of ether oxygens (including phenoxy) is 3. The van der Waals surface area contributed by atoms with Gasteiger partial charge in [0.25, 0.3) is 0 Å². The number of benzene rings is 2. The first-order chi connectivity index (χ1) is 22.0. The van der Waals surface area contributed by atoms with Crippen LogP contribution in [0.15, 0.2) is 66.9 Å². The van der Waals surface area contributed by atoms with Gasteiger partial charge >= 0.3 is 6.09 Å². The van der Waals surface area contributed by atoms with E-state index in [1.165, 1.54) is 28.3 Å². The number of nitrogens with two attached hydrogens (primary N) is 1. The van der Waals surface area contributed by atoms with Crippen LogP contribution in [0.4, 0.5) is 4.79 Å². The SMILES string of the molecule is C=C(CCc1nc(CCc2ccc(OCc3ccccc3)cc2)n(CC)c1CC)OCCCN(CC)CC.CC(C)(C)OC(N)=O. The van der Waals surface area contributed by atoms with Gasteiger partial charge in [0.05, 0.1) is 18.1 Å². The van der Waals surface area contributed by atoms with Crippen molar-refractivity contribution in [3.05, 3.63) is 95.3 Å². The smallest absolute Gasteiger partial charge is 0.405 e. The number of hydrogen-bond donors (Lipinski definition) is 1. The zero-order valence-electron chi connectivity index (χ0n) is 29.4. The summed E-state index contributed by atoms with van der Waals surface area (Å²) in [6.07, 6.45) is 4.89. The molecule has 1 amide bonds. The van der Waals surface area contributed by atoms with Crippen LogP contribution in [-0.4, -0.2) is 52.4 Å². The highest BCUT2D eigenvalue weighted by Gasteiger charge is 2.16. The van der Waals surface area contributed by atoms with Crippen molar-refractivity contribution in [2.45, 2.75) is 106 Å². The first-order valence-corrected chi connectivity index (χ1v) is 16.8. The lowest BCUT2D eigenvalue weighted by atomic mass is 10.1. The highest BCUT2D eigenvalue weighted by atomic mass is 16.6. The molecule has 1 heterocycles. The van der Waals surface area contributed by atoms with E-state index in [-0.39, 0.29) is 0 Å². The number of carbonyl (C=O) groups excluding carboxylic acids is 1. The Morgan fingerprint density at radius 2 is 1.61 bits per heavy atom. The maximum Gasteiger partial charge on any atom is 0.405 e. The fourth-order valence-electron chi connectivity index (χ4n) is 5.18. The Morgan fingerprint density at radius 1 is 0.935 bits per heavy atom. The van der Waals surface area contributed by atoms with Gasteiger partial charge < -0.3 is 29.4 Å². The third-order valence-electron chi connectivity index (χ3n) is 7.56. The van der Waals surface area contributed by atoms with Crippen molar-refractivity contribution in [1.29, 1.82) is 0 Å². The Bertz CT molecular complexity index is 1290. The van der Waals surface area contributed by atoms with Crippen LogP contribution in [-0.2, 0) is 48.3 Å². The zero-order chi connectivity index (χ0) is 34.0. The second-order valence-corrected chi connectivity index (χ2v) is 12.2. The number of imidazole rings is 1. The van der Waals surface area contributed by atoms with Gasteiger partial charge in [-0.1, -0.05) is 69.8 Å². The average Bonchev–Trinajstić information content (AvgIpc) is 3.38. The Hall–Kier alpha value is -3.78. The molecule has 8 nitrogen and oxygen atoms in total. The van der Waals surface area contributed by atoms with Gasteiger partial charge in [0, 0.05) is 31.6 Å². The van der Waals surface area contributed by atoms with Gasteiger partial charge in [-0.05, 0) is 89.7 Å². The zero-order valence-corrected chi connectivity index (χ0v) is 29.4. The maximum absolute atomic E-state index is 10.0. The molecule has 46 heavy (non-hydrogen) atoms. The minimum atomic E-state index is -0.725. The number of aromatic nitrogens is 2. The molecule has 1 aromatic heterocycles. The molecule has 0 aliphatic carbocycles. The summed E-state index contributed by atoms with van der Waals surface area (Å²) in [7, 11) is 0. The molecule has 254 valence electrons. The standard InChI is InChI=1S/C33H47N3O2.C5H11NO2/c1-6-32-31(22-16-27(5)37-25-13-24-35(7-2)8-3)34-33(36(32)9-4)23-19-28-17-20-30(21-18-28)38-26-29-14-11-10-12-15-29;1-5(2,3)8-4(6)7/h10-12,14-15,17-18,20-21H,5-9,13,16,19,22-26H2,1-4H3;1-3H3,(H2,6,7). The van der Waals surface area contributed by atoms with Crippen LogP contribution in [0.5, 0.6) is 5.75 Å². The lowest BCUT2D eigenvalue weighted by Crippen LogP contribution is -2.27. The summed E-state index contributed by atoms with van der Waals surface area (Å²) < 4.78 is 18.9. The first kappa shape index (κ1) is 38.4. The van der Waals surface area contributed by atoms with E-state index in [9.17, 15) is 4.79 Å². The highest BCUT2D eigenvalue weighted by molar-refractivity contribution is 5.65. The van der Waals surface area contributed by atoms with Crippen molar-refractivity contribution < 1.29 is 19.0 Å². The largest absolute Gasteiger partial charge is 0.498 e. The number of primary amides is 1. The monoisotopic (exact) mass is 634 g/mol.